The Kier molecular flexibility index (Phi) is 52.9. The number of carbonyl (C=O) groups is 18. The predicted octanol–water partition coefficient (Wildman–Crippen LogP) is -4.04. The number of hydrogen-bond acceptors (Lipinski definition) is 28. The Hall–Kier alpha value is -14.2. The number of aliphatic carboxylic acids is 2. The minimum Gasteiger partial charge on any atom is -0.480 e. The molecule has 12 atom stereocenters. The molecule has 7 rings (SSSR count). The number of primary amides is 2. The minimum atomic E-state index is -2.10. The molecule has 16 amide bonds. The molecule has 3 aromatic heterocycles. The standard InChI is InChI=1S/C94H143N27O24/c1-2-3-28-65(84(134)111-68-35-37-78(126)100-38-23-22-30-64(83(96)133)107-88(138)70(45-59-48-103-63-29-21-20-27-62(59)63)112-85(135)66(31-24-39-102-94(97)98)108-87(137)69(44-58-25-16-15-17-26-58)114-92(142)74-47-61(123)51-121(74)93(68)143)109-90(140)72(52-120(53-81(129)130)54-82(131)132)115-89(139)71(46-60-49-99-57-105-60)113-86(136)67(34-36-75(95)124)110-91(141)73(55-122)106-79(127)50-104-80(128)56-145-43-42-144-41-40-101-77(125)33-19-14-12-10-8-6-4-5-7-9-11-13-18-32-76-116-118-119-117-76/h15-17,20-21,25-27,29,48-49,57,61,64-74,103,122-123H,2-14,18-19,22-24,28,30-47,50-56H2,1H3,(H2,95,124)(H2,96,133)(H,99,105)(H,100,126)(H,101,125)(H,104,128)(H,106,127)(H,107,138)(H,108,137)(H,109,140)(H,110,141)(H,111,134)(H,112,135)(H,113,136)(H,114,142)(H,115,139)(H,129,130)(H,131,132)(H4,97,98,102)(H,116,117,118,119)/t61-,64+,65+,66+,67+,68+,69-,70-,71+,72+,73+,74+/m1/s1. The van der Waals surface area contributed by atoms with Gasteiger partial charge >= 0.3 is 11.9 Å². The van der Waals surface area contributed by atoms with Gasteiger partial charge < -0.3 is 136 Å². The van der Waals surface area contributed by atoms with Gasteiger partial charge in [-0.05, 0) is 91.8 Å². The van der Waals surface area contributed by atoms with E-state index in [1.54, 1.807) is 67.7 Å². The number of aromatic nitrogens is 7. The molecular formula is C94H143N27O24. The maximum absolute atomic E-state index is 15.5. The lowest BCUT2D eigenvalue weighted by Gasteiger charge is -2.31. The molecule has 0 saturated carbocycles. The number of para-hydroxylation sites is 1. The van der Waals surface area contributed by atoms with Crippen LogP contribution < -0.4 is 91.6 Å². The quantitative estimate of drug-likeness (QED) is 0.0100. The van der Waals surface area contributed by atoms with Crippen LogP contribution in [0.25, 0.3) is 10.9 Å². The van der Waals surface area contributed by atoms with Crippen LogP contribution >= 0.6 is 0 Å². The largest absolute Gasteiger partial charge is 0.480 e. The molecular weight excluding hydrogens is 1890 g/mol. The van der Waals surface area contributed by atoms with Crippen molar-refractivity contribution in [1.29, 1.82) is 5.41 Å². The van der Waals surface area contributed by atoms with E-state index >= 15 is 28.8 Å². The fraction of sp³-hybridized carbons (Fsp3) is 0.606. The van der Waals surface area contributed by atoms with Crippen LogP contribution in [0.2, 0.25) is 0 Å². The van der Waals surface area contributed by atoms with Gasteiger partial charge in [0.15, 0.2) is 5.96 Å². The Morgan fingerprint density at radius 2 is 1.21 bits per heavy atom. The average Bonchev–Trinajstić information content (AvgIpc) is 1.67. The number of nitrogens with one attached hydrogen (secondary N) is 18. The van der Waals surface area contributed by atoms with E-state index < -0.39 is 264 Å². The minimum absolute atomic E-state index is 0.0198. The molecule has 0 bridgehead atoms. The molecule has 2 fully saturated rings. The van der Waals surface area contributed by atoms with Crippen LogP contribution in [0.15, 0.2) is 73.3 Å². The van der Waals surface area contributed by atoms with E-state index in [9.17, 15) is 78.0 Å². The van der Waals surface area contributed by atoms with Crippen molar-refractivity contribution in [3.05, 3.63) is 96.0 Å². The Morgan fingerprint density at radius 3 is 1.87 bits per heavy atom. The first-order valence-corrected chi connectivity index (χ1v) is 49.4. The van der Waals surface area contributed by atoms with E-state index in [1.165, 1.54) is 63.9 Å². The van der Waals surface area contributed by atoms with E-state index in [-0.39, 0.29) is 109 Å². The highest BCUT2D eigenvalue weighted by molar-refractivity contribution is 6.01. The Morgan fingerprint density at radius 1 is 0.600 bits per heavy atom. The molecule has 2 aliphatic rings. The average molecular weight is 2040 g/mol. The van der Waals surface area contributed by atoms with Crippen molar-refractivity contribution in [2.45, 2.75) is 279 Å². The third-order valence-corrected chi connectivity index (χ3v) is 24.2. The normalized spacial score (nSPS) is 18.3. The van der Waals surface area contributed by atoms with Crippen molar-refractivity contribution in [3.63, 3.8) is 0 Å². The lowest BCUT2D eigenvalue weighted by molar-refractivity contribution is -0.144. The number of aromatic amines is 3. The number of aryl methyl sites for hydroxylation is 1. The molecule has 2 saturated heterocycles. The number of tetrazole rings is 1. The number of carbonyl (C=O) groups excluding carboxylic acids is 16. The van der Waals surface area contributed by atoms with Gasteiger partial charge in [-0.1, -0.05) is 139 Å². The summed E-state index contributed by atoms with van der Waals surface area (Å²) in [6.07, 6.45) is 15.1. The molecule has 798 valence electrons. The van der Waals surface area contributed by atoms with Crippen molar-refractivity contribution in [2.75, 3.05) is 85.4 Å². The molecule has 0 radical (unpaired) electrons. The van der Waals surface area contributed by atoms with Gasteiger partial charge in [-0.15, -0.1) is 5.10 Å². The number of carboxylic acids is 2. The lowest BCUT2D eigenvalue weighted by Crippen LogP contribution is -2.62. The van der Waals surface area contributed by atoms with Crippen LogP contribution in [0.3, 0.4) is 0 Å². The van der Waals surface area contributed by atoms with Gasteiger partial charge in [-0.25, -0.2) is 10.1 Å². The Labute approximate surface area is 838 Å². The number of aliphatic hydroxyl groups is 2. The fourth-order valence-electron chi connectivity index (χ4n) is 16.4. The lowest BCUT2D eigenvalue weighted by atomic mass is 10.0. The second-order valence-electron chi connectivity index (χ2n) is 35.9. The van der Waals surface area contributed by atoms with Crippen LogP contribution in [0, 0.1) is 5.41 Å². The maximum atomic E-state index is 15.5. The molecule has 5 heterocycles. The number of carboxylic acid groups (broad SMARTS) is 2. The van der Waals surface area contributed by atoms with Gasteiger partial charge in [0.1, 0.15) is 78.9 Å². The molecule has 2 aromatic carbocycles. The van der Waals surface area contributed by atoms with Gasteiger partial charge in [-0.3, -0.25) is 96.6 Å². The molecule has 51 nitrogen and oxygen atoms in total. The van der Waals surface area contributed by atoms with Crippen LogP contribution in [0.1, 0.15) is 203 Å². The number of H-pyrrole nitrogens is 3. The topological polar surface area (TPSA) is 782 Å². The summed E-state index contributed by atoms with van der Waals surface area (Å²) in [5, 5.41) is 100.0. The first kappa shape index (κ1) is 118. The highest BCUT2D eigenvalue weighted by atomic mass is 16.5. The van der Waals surface area contributed by atoms with Gasteiger partial charge in [0.05, 0.1) is 64.2 Å². The number of amides is 16. The van der Waals surface area contributed by atoms with Crippen molar-refractivity contribution in [3.8, 4) is 0 Å². The molecule has 145 heavy (non-hydrogen) atoms. The van der Waals surface area contributed by atoms with E-state index in [1.807, 2.05) is 0 Å². The number of benzene rings is 2. The zero-order valence-corrected chi connectivity index (χ0v) is 81.8. The van der Waals surface area contributed by atoms with Crippen molar-refractivity contribution < 1.29 is 116 Å². The van der Waals surface area contributed by atoms with Crippen LogP contribution in [-0.2, 0) is 121 Å². The Balaban J connectivity index is 1.02. The summed E-state index contributed by atoms with van der Waals surface area (Å²) in [5.74, 6) is -18.4. The summed E-state index contributed by atoms with van der Waals surface area (Å²) in [7, 11) is 0. The van der Waals surface area contributed by atoms with Gasteiger partial charge in [-0.2, -0.15) is 0 Å². The fourth-order valence-corrected chi connectivity index (χ4v) is 16.4. The molecule has 51 heteroatoms. The van der Waals surface area contributed by atoms with Crippen LogP contribution in [0.4, 0.5) is 0 Å². The maximum Gasteiger partial charge on any atom is 0.317 e. The second kappa shape index (κ2) is 65.1. The predicted molar refractivity (Wildman–Crippen MR) is 521 cm³/mol. The number of rotatable bonds is 61. The number of nitrogens with two attached hydrogens (primary N) is 3. The van der Waals surface area contributed by atoms with Crippen LogP contribution in [0.5, 0.6) is 0 Å². The number of fused-ring (bicyclic) bond motifs is 2. The first-order chi connectivity index (χ1) is 69.7. The first-order valence-electron chi connectivity index (χ1n) is 49.4. The molecule has 2 aliphatic heterocycles. The number of ether oxygens (including phenoxy) is 2. The third kappa shape index (κ3) is 45.1. The third-order valence-electron chi connectivity index (χ3n) is 24.2. The zero-order valence-electron chi connectivity index (χ0n) is 81.8. The number of unbranched alkanes of at least 4 members (excludes halogenated alkanes) is 13. The second-order valence-corrected chi connectivity index (χ2v) is 35.9. The highest BCUT2D eigenvalue weighted by Crippen LogP contribution is 2.25. The van der Waals surface area contributed by atoms with Gasteiger partial charge in [0.2, 0.25) is 94.5 Å². The van der Waals surface area contributed by atoms with Crippen LogP contribution in [-0.4, -0.2) is 336 Å². The summed E-state index contributed by atoms with van der Waals surface area (Å²) in [6.45, 7) is -4.06. The number of aliphatic hydroxyl groups excluding tert-OH is 2. The molecule has 5 aromatic rings. The monoisotopic (exact) mass is 2030 g/mol. The zero-order chi connectivity index (χ0) is 105. The number of nitrogens with zero attached hydrogens (tertiary/aromatic N) is 6. The summed E-state index contributed by atoms with van der Waals surface area (Å²) < 4.78 is 10.8. The van der Waals surface area contributed by atoms with Crippen molar-refractivity contribution >= 4 is 123 Å². The van der Waals surface area contributed by atoms with E-state index in [4.69, 9.17) is 32.1 Å². The van der Waals surface area contributed by atoms with E-state index in [2.05, 4.69) is 110 Å². The summed E-state index contributed by atoms with van der Waals surface area (Å²) in [4.78, 5) is 263. The summed E-state index contributed by atoms with van der Waals surface area (Å²) in [6, 6.07) is -3.40. The molecule has 28 N–H and O–H groups in total. The number of hydrogen-bond donors (Lipinski definition) is 25. The SMILES string of the molecule is CCCC[C@H](NC(=O)[C@H](CN(CC(=O)O)CC(=O)O)NC(=O)[C@H](Cc1c[nH]cn1)NC(=O)[C@H](CCC(N)=O)NC(=O)[C@H](CO)NC(=O)CNC(=O)COCCOCCNC(=O)CCCCCCCCCCCCCCCc1nnn[nH]1)C(=O)N[C@H]1CCC(=O)NCCCC[C@@H](C(N)=O)NC(=O)[C@@H](Cc2c[nH]c3ccccc23)NC(=O)[C@H](CCCNC(=N)N)NC(=O)[C@@H](Cc2ccccc2)NC(=O)[C@@H]2C[C@@H](O)CN2C1=O. The van der Waals surface area contributed by atoms with Gasteiger partial charge in [0, 0.05) is 107 Å². The van der Waals surface area contributed by atoms with E-state index in [0.717, 1.165) is 54.1 Å². The number of imidazole rings is 1. The van der Waals surface area contributed by atoms with Gasteiger partial charge in [0.25, 0.3) is 0 Å². The van der Waals surface area contributed by atoms with Crippen molar-refractivity contribution in [2.24, 2.45) is 17.2 Å². The molecule has 0 aliphatic carbocycles. The molecule has 0 unspecified atom stereocenters. The van der Waals surface area contributed by atoms with E-state index in [0.29, 0.717) is 34.9 Å². The molecule has 0 spiro atoms. The highest BCUT2D eigenvalue weighted by Gasteiger charge is 2.45. The summed E-state index contributed by atoms with van der Waals surface area (Å²) >= 11 is 0. The summed E-state index contributed by atoms with van der Waals surface area (Å²) in [5.41, 5.74) is 18.8. The Bertz CT molecular complexity index is 4980. The number of guanidine groups is 1. The smallest absolute Gasteiger partial charge is 0.317 e. The van der Waals surface area contributed by atoms with Crippen molar-refractivity contribution in [1.82, 2.24) is 120 Å².